The van der Waals surface area contributed by atoms with E-state index >= 15 is 0 Å². The van der Waals surface area contributed by atoms with Crippen molar-refractivity contribution < 1.29 is 19.1 Å². The molecule has 0 unspecified atom stereocenters. The summed E-state index contributed by atoms with van der Waals surface area (Å²) in [5.41, 5.74) is 0.991. The number of hydrogen-bond donors (Lipinski definition) is 3. The molecule has 142 valence electrons. The second kappa shape index (κ2) is 10.6. The number of hydrogen-bond acceptors (Lipinski definition) is 4. The van der Waals surface area contributed by atoms with Crippen LogP contribution in [0, 0.1) is 0 Å². The van der Waals surface area contributed by atoms with Gasteiger partial charge in [0.05, 0.1) is 13.0 Å². The molecule has 0 heterocycles. The zero-order valence-corrected chi connectivity index (χ0v) is 15.2. The number of benzene rings is 2. The van der Waals surface area contributed by atoms with Crippen molar-refractivity contribution in [3.05, 3.63) is 60.2 Å². The SMILES string of the molecule is CC(=O)Nc1cccc(C(=O)NCCNC(=O)CCOc2ccccc2)c1. The molecule has 0 aromatic heterocycles. The normalized spacial score (nSPS) is 9.96. The van der Waals surface area contributed by atoms with Gasteiger partial charge in [0.15, 0.2) is 0 Å². The van der Waals surface area contributed by atoms with Gasteiger partial charge in [-0.1, -0.05) is 24.3 Å². The minimum atomic E-state index is -0.274. The van der Waals surface area contributed by atoms with E-state index in [0.29, 0.717) is 24.3 Å². The van der Waals surface area contributed by atoms with Crippen molar-refractivity contribution >= 4 is 23.4 Å². The smallest absolute Gasteiger partial charge is 0.251 e. The minimum absolute atomic E-state index is 0.146. The van der Waals surface area contributed by atoms with E-state index in [1.54, 1.807) is 24.3 Å². The molecule has 0 fully saturated rings. The number of para-hydroxylation sites is 1. The summed E-state index contributed by atoms with van der Waals surface area (Å²) in [5.74, 6) is 0.0993. The van der Waals surface area contributed by atoms with Gasteiger partial charge in [-0.3, -0.25) is 14.4 Å². The highest BCUT2D eigenvalue weighted by molar-refractivity contribution is 5.96. The van der Waals surface area contributed by atoms with Crippen LogP contribution in [-0.4, -0.2) is 37.4 Å². The van der Waals surface area contributed by atoms with Gasteiger partial charge in [0, 0.05) is 31.3 Å². The van der Waals surface area contributed by atoms with Crippen LogP contribution in [0.2, 0.25) is 0 Å². The molecule has 0 spiro atoms. The van der Waals surface area contributed by atoms with Crippen molar-refractivity contribution in [1.82, 2.24) is 10.6 Å². The van der Waals surface area contributed by atoms with Crippen LogP contribution in [-0.2, 0) is 9.59 Å². The van der Waals surface area contributed by atoms with Gasteiger partial charge in [-0.15, -0.1) is 0 Å². The van der Waals surface area contributed by atoms with Gasteiger partial charge < -0.3 is 20.7 Å². The van der Waals surface area contributed by atoms with Gasteiger partial charge in [0.2, 0.25) is 11.8 Å². The Bertz CT molecular complexity index is 778. The molecule has 3 N–H and O–H groups in total. The summed E-state index contributed by atoms with van der Waals surface area (Å²) in [5, 5.41) is 8.07. The van der Waals surface area contributed by atoms with Gasteiger partial charge in [-0.05, 0) is 30.3 Å². The molecule has 0 bridgehead atoms. The minimum Gasteiger partial charge on any atom is -0.493 e. The first-order chi connectivity index (χ1) is 13.0. The Morgan fingerprint density at radius 2 is 1.67 bits per heavy atom. The van der Waals surface area contributed by atoms with Gasteiger partial charge >= 0.3 is 0 Å². The Hall–Kier alpha value is -3.35. The van der Waals surface area contributed by atoms with Crippen molar-refractivity contribution in [2.24, 2.45) is 0 Å². The van der Waals surface area contributed by atoms with Crippen LogP contribution in [0.25, 0.3) is 0 Å². The molecule has 0 atom stereocenters. The molecule has 0 radical (unpaired) electrons. The summed E-state index contributed by atoms with van der Waals surface area (Å²) in [6.45, 7) is 2.31. The molecular formula is C20H23N3O4. The van der Waals surface area contributed by atoms with E-state index in [0.717, 1.165) is 5.75 Å². The molecule has 0 saturated heterocycles. The fourth-order valence-corrected chi connectivity index (χ4v) is 2.29. The third-order valence-electron chi connectivity index (χ3n) is 3.52. The van der Waals surface area contributed by atoms with E-state index in [2.05, 4.69) is 16.0 Å². The number of nitrogens with one attached hydrogen (secondary N) is 3. The Kier molecular flexibility index (Phi) is 7.84. The van der Waals surface area contributed by atoms with Crippen LogP contribution >= 0.6 is 0 Å². The Morgan fingerprint density at radius 3 is 2.41 bits per heavy atom. The number of carbonyl (C=O) groups excluding carboxylic acids is 3. The van der Waals surface area contributed by atoms with Crippen molar-refractivity contribution in [3.63, 3.8) is 0 Å². The van der Waals surface area contributed by atoms with Gasteiger partial charge in [-0.2, -0.15) is 0 Å². The molecule has 7 nitrogen and oxygen atoms in total. The first-order valence-electron chi connectivity index (χ1n) is 8.65. The predicted molar refractivity (Wildman–Crippen MR) is 103 cm³/mol. The molecule has 27 heavy (non-hydrogen) atoms. The molecule has 0 saturated carbocycles. The van der Waals surface area contributed by atoms with Gasteiger partial charge in [-0.25, -0.2) is 0 Å². The number of amides is 3. The highest BCUT2D eigenvalue weighted by Crippen LogP contribution is 2.10. The highest BCUT2D eigenvalue weighted by atomic mass is 16.5. The van der Waals surface area contributed by atoms with Crippen LogP contribution in [0.15, 0.2) is 54.6 Å². The quantitative estimate of drug-likeness (QED) is 0.589. The standard InChI is InChI=1S/C20H23N3O4/c1-15(24)23-17-7-5-6-16(14-17)20(26)22-12-11-21-19(25)10-13-27-18-8-3-2-4-9-18/h2-9,14H,10-13H2,1H3,(H,21,25)(H,22,26)(H,23,24). The van der Waals surface area contributed by atoms with Crippen molar-refractivity contribution in [1.29, 1.82) is 0 Å². The topological polar surface area (TPSA) is 96.5 Å². The lowest BCUT2D eigenvalue weighted by molar-refractivity contribution is -0.121. The molecular weight excluding hydrogens is 346 g/mol. The summed E-state index contributed by atoms with van der Waals surface area (Å²) in [7, 11) is 0. The fourth-order valence-electron chi connectivity index (χ4n) is 2.29. The first-order valence-corrected chi connectivity index (χ1v) is 8.65. The number of rotatable bonds is 9. The number of ether oxygens (including phenoxy) is 1. The third kappa shape index (κ3) is 7.60. The number of anilines is 1. The van der Waals surface area contributed by atoms with E-state index < -0.39 is 0 Å². The number of carbonyl (C=O) groups is 3. The first kappa shape index (κ1) is 20.0. The van der Waals surface area contributed by atoms with Crippen LogP contribution in [0.3, 0.4) is 0 Å². The molecule has 3 amide bonds. The summed E-state index contributed by atoms with van der Waals surface area (Å²) in [6.07, 6.45) is 0.238. The molecule has 0 aliphatic rings. The second-order valence-corrected chi connectivity index (χ2v) is 5.78. The van der Waals surface area contributed by atoms with E-state index in [9.17, 15) is 14.4 Å². The maximum absolute atomic E-state index is 12.1. The summed E-state index contributed by atoms with van der Waals surface area (Å²) in [6, 6.07) is 15.9. The Labute approximate surface area is 158 Å². The maximum atomic E-state index is 12.1. The Morgan fingerprint density at radius 1 is 0.926 bits per heavy atom. The third-order valence-corrected chi connectivity index (χ3v) is 3.52. The summed E-state index contributed by atoms with van der Waals surface area (Å²) >= 11 is 0. The molecule has 0 aliphatic carbocycles. The van der Waals surface area contributed by atoms with Crippen molar-refractivity contribution in [2.75, 3.05) is 25.0 Å². The van der Waals surface area contributed by atoms with Crippen LogP contribution < -0.4 is 20.7 Å². The van der Waals surface area contributed by atoms with Gasteiger partial charge in [0.25, 0.3) is 5.91 Å². The summed E-state index contributed by atoms with van der Waals surface area (Å²) < 4.78 is 5.46. The van der Waals surface area contributed by atoms with Crippen LogP contribution in [0.5, 0.6) is 5.75 Å². The monoisotopic (exact) mass is 369 g/mol. The second-order valence-electron chi connectivity index (χ2n) is 5.78. The van der Waals surface area contributed by atoms with Crippen LogP contribution in [0.1, 0.15) is 23.7 Å². The maximum Gasteiger partial charge on any atom is 0.251 e. The van der Waals surface area contributed by atoms with Crippen molar-refractivity contribution in [2.45, 2.75) is 13.3 Å². The lowest BCUT2D eigenvalue weighted by Crippen LogP contribution is -2.35. The fraction of sp³-hybridized carbons (Fsp3) is 0.250. The van der Waals surface area contributed by atoms with Gasteiger partial charge in [0.1, 0.15) is 5.75 Å². The molecule has 2 aromatic rings. The molecule has 2 aromatic carbocycles. The van der Waals surface area contributed by atoms with E-state index in [1.807, 2.05) is 30.3 Å². The average molecular weight is 369 g/mol. The van der Waals surface area contributed by atoms with E-state index in [4.69, 9.17) is 4.74 Å². The lowest BCUT2D eigenvalue weighted by atomic mass is 10.2. The van der Waals surface area contributed by atoms with E-state index in [-0.39, 0.29) is 30.7 Å². The Balaban J connectivity index is 1.63. The molecule has 7 heteroatoms. The predicted octanol–water partition coefficient (Wildman–Crippen LogP) is 1.96. The highest BCUT2D eigenvalue weighted by Gasteiger charge is 2.07. The largest absolute Gasteiger partial charge is 0.493 e. The zero-order chi connectivity index (χ0) is 19.5. The summed E-state index contributed by atoms with van der Waals surface area (Å²) in [4.78, 5) is 34.9. The van der Waals surface area contributed by atoms with Crippen molar-refractivity contribution in [3.8, 4) is 5.75 Å². The average Bonchev–Trinajstić information content (AvgIpc) is 2.65. The zero-order valence-electron chi connectivity index (χ0n) is 15.2. The lowest BCUT2D eigenvalue weighted by Gasteiger charge is -2.09. The molecule has 2 rings (SSSR count). The van der Waals surface area contributed by atoms with Crippen LogP contribution in [0.4, 0.5) is 5.69 Å². The molecule has 0 aliphatic heterocycles. The van der Waals surface area contributed by atoms with E-state index in [1.165, 1.54) is 6.92 Å².